The number of aliphatic carboxylic acids is 1. The highest BCUT2D eigenvalue weighted by molar-refractivity contribution is 7.92. The van der Waals surface area contributed by atoms with Crippen LogP contribution in [0.5, 0.6) is 0 Å². The Morgan fingerprint density at radius 1 is 1.11 bits per heavy atom. The molecular formula is C33H39Cl2N3O5S. The van der Waals surface area contributed by atoms with E-state index in [0.29, 0.717) is 28.0 Å². The Bertz CT molecular complexity index is 1650. The van der Waals surface area contributed by atoms with Crippen molar-refractivity contribution in [2.75, 3.05) is 5.75 Å². The maximum atomic E-state index is 15.0. The van der Waals surface area contributed by atoms with Crippen LogP contribution in [0.1, 0.15) is 81.6 Å². The number of benzene rings is 2. The van der Waals surface area contributed by atoms with Crippen molar-refractivity contribution in [1.29, 1.82) is 0 Å². The molecule has 2 heterocycles. The first kappa shape index (κ1) is 32.5. The topological polar surface area (TPSA) is 120 Å². The summed E-state index contributed by atoms with van der Waals surface area (Å²) in [6.45, 7) is 7.00. The molecule has 0 unspecified atom stereocenters. The third kappa shape index (κ3) is 6.85. The van der Waals surface area contributed by atoms with Gasteiger partial charge in [0.2, 0.25) is 5.91 Å². The molecule has 1 aliphatic carbocycles. The molecule has 2 N–H and O–H groups in total. The van der Waals surface area contributed by atoms with E-state index >= 15 is 0 Å². The second-order valence-corrected chi connectivity index (χ2v) is 17.2. The molecular weight excluding hydrogens is 621 g/mol. The predicted octanol–water partition coefficient (Wildman–Crippen LogP) is 6.64. The van der Waals surface area contributed by atoms with E-state index in [1.165, 1.54) is 6.20 Å². The van der Waals surface area contributed by atoms with Crippen molar-refractivity contribution >= 4 is 44.9 Å². The lowest BCUT2D eigenvalue weighted by Gasteiger charge is -2.52. The number of sulfone groups is 1. The third-order valence-electron chi connectivity index (χ3n) is 9.02. The van der Waals surface area contributed by atoms with Crippen LogP contribution >= 0.6 is 23.2 Å². The van der Waals surface area contributed by atoms with E-state index in [-0.39, 0.29) is 36.3 Å². The summed E-state index contributed by atoms with van der Waals surface area (Å²) in [4.78, 5) is 35.7. The van der Waals surface area contributed by atoms with E-state index in [0.717, 1.165) is 24.0 Å². The number of carboxylic acids is 1. The summed E-state index contributed by atoms with van der Waals surface area (Å²) in [6.07, 6.45) is 3.64. The first-order chi connectivity index (χ1) is 20.6. The number of halogens is 2. The number of piperidine rings is 1. The van der Waals surface area contributed by atoms with Gasteiger partial charge in [-0.15, -0.1) is 0 Å². The number of amides is 1. The minimum atomic E-state index is -3.59. The Morgan fingerprint density at radius 2 is 1.80 bits per heavy atom. The van der Waals surface area contributed by atoms with Gasteiger partial charge in [-0.25, -0.2) is 13.4 Å². The zero-order chi connectivity index (χ0) is 32.0. The zero-order valence-corrected chi connectivity index (χ0v) is 27.7. The summed E-state index contributed by atoms with van der Waals surface area (Å²) in [5, 5.41) is 10.4. The number of aromatic amines is 1. The summed E-state index contributed by atoms with van der Waals surface area (Å²) in [5.74, 6) is -0.932. The third-order valence-corrected chi connectivity index (χ3v) is 12.2. The standard InChI is InChI=1S/C33H39Cl2N3O5S/c1-32(2,3)44(42,43)19-27(20-8-9-20)38-30(21-10-12-23(34)13-11-21)26(22-6-5-7-24(35)14-22)16-33(4,31(38)41)17-28-36-18-25(37-28)15-29(39)40/h5-7,10-14,18,20,26-27,30H,8-9,15-17,19H2,1-4H3,(H,36,37)(H,39,40)/t26-,27-,30-,33-/m1/s1. The maximum absolute atomic E-state index is 15.0. The van der Waals surface area contributed by atoms with Crippen molar-refractivity contribution in [3.05, 3.63) is 87.4 Å². The largest absolute Gasteiger partial charge is 0.481 e. The number of likely N-dealkylation sites (tertiary alicyclic amines) is 1. The number of rotatable bonds is 10. The number of nitrogens with zero attached hydrogens (tertiary/aromatic N) is 2. The lowest BCUT2D eigenvalue weighted by Crippen LogP contribution is -2.59. The number of nitrogens with one attached hydrogen (secondary N) is 1. The molecule has 2 aliphatic rings. The minimum absolute atomic E-state index is 0.0546. The Morgan fingerprint density at radius 3 is 2.39 bits per heavy atom. The van der Waals surface area contributed by atoms with Gasteiger partial charge in [0.05, 0.1) is 28.4 Å². The normalized spacial score (nSPS) is 23.5. The van der Waals surface area contributed by atoms with Gasteiger partial charge in [0.1, 0.15) is 5.82 Å². The molecule has 2 fully saturated rings. The van der Waals surface area contributed by atoms with Crippen molar-refractivity contribution < 1.29 is 23.1 Å². The van der Waals surface area contributed by atoms with Crippen LogP contribution in [0.15, 0.2) is 54.7 Å². The van der Waals surface area contributed by atoms with Crippen LogP contribution in [-0.2, 0) is 32.3 Å². The molecule has 1 amide bonds. The molecule has 1 aromatic heterocycles. The number of carbonyl (C=O) groups is 2. The lowest BCUT2D eigenvalue weighted by molar-refractivity contribution is -0.154. The predicted molar refractivity (Wildman–Crippen MR) is 172 cm³/mol. The fraction of sp³-hybridized carbons (Fsp3) is 0.485. The van der Waals surface area contributed by atoms with E-state index in [4.69, 9.17) is 23.2 Å². The summed E-state index contributed by atoms with van der Waals surface area (Å²) in [6, 6.07) is 14.1. The van der Waals surface area contributed by atoms with E-state index in [1.807, 2.05) is 48.2 Å². The van der Waals surface area contributed by atoms with Crippen LogP contribution in [0.3, 0.4) is 0 Å². The SMILES string of the molecule is CC(C)(C)S(=O)(=O)C[C@H](C1CC1)N1C(=O)[C@@](C)(Cc2ncc(CC(=O)O)[nH]2)C[C@H](c2cccc(Cl)c2)[C@H]1c1ccc(Cl)cc1. The fourth-order valence-electron chi connectivity index (χ4n) is 6.43. The summed E-state index contributed by atoms with van der Waals surface area (Å²) >= 11 is 12.8. The van der Waals surface area contributed by atoms with Gasteiger partial charge in [0.15, 0.2) is 9.84 Å². The van der Waals surface area contributed by atoms with E-state index in [1.54, 1.807) is 32.9 Å². The van der Waals surface area contributed by atoms with Gasteiger partial charge in [-0.1, -0.05) is 54.4 Å². The average molecular weight is 661 g/mol. The van der Waals surface area contributed by atoms with Gasteiger partial charge in [0.25, 0.3) is 0 Å². The van der Waals surface area contributed by atoms with Crippen LogP contribution < -0.4 is 0 Å². The molecule has 2 aromatic carbocycles. The molecule has 3 aromatic rings. The van der Waals surface area contributed by atoms with Crippen LogP contribution in [0.25, 0.3) is 0 Å². The maximum Gasteiger partial charge on any atom is 0.309 e. The van der Waals surface area contributed by atoms with Crippen LogP contribution in [-0.4, -0.2) is 56.8 Å². The molecule has 0 bridgehead atoms. The van der Waals surface area contributed by atoms with Gasteiger partial charge in [-0.2, -0.15) is 0 Å². The molecule has 0 spiro atoms. The summed E-state index contributed by atoms with van der Waals surface area (Å²) < 4.78 is 26.5. The Balaban J connectivity index is 1.67. The molecule has 11 heteroatoms. The quantitative estimate of drug-likeness (QED) is 0.252. The smallest absolute Gasteiger partial charge is 0.309 e. The molecule has 1 aliphatic heterocycles. The first-order valence-corrected chi connectivity index (χ1v) is 17.3. The van der Waals surface area contributed by atoms with Crippen LogP contribution in [0, 0.1) is 11.3 Å². The fourth-order valence-corrected chi connectivity index (χ4v) is 8.14. The van der Waals surface area contributed by atoms with E-state index < -0.39 is 38.1 Å². The first-order valence-electron chi connectivity index (χ1n) is 14.9. The molecule has 5 rings (SSSR count). The second-order valence-electron chi connectivity index (χ2n) is 13.5. The molecule has 236 valence electrons. The number of carboxylic acid groups (broad SMARTS) is 1. The molecule has 4 atom stereocenters. The lowest BCUT2D eigenvalue weighted by atomic mass is 9.67. The number of imidazole rings is 1. The van der Waals surface area contributed by atoms with Crippen molar-refractivity contribution in [3.63, 3.8) is 0 Å². The Hall–Kier alpha value is -2.88. The highest BCUT2D eigenvalue weighted by Gasteiger charge is 2.55. The monoisotopic (exact) mass is 659 g/mol. The van der Waals surface area contributed by atoms with Crippen molar-refractivity contribution in [2.24, 2.45) is 11.3 Å². The molecule has 44 heavy (non-hydrogen) atoms. The van der Waals surface area contributed by atoms with Gasteiger partial charge in [-0.05, 0) is 81.3 Å². The second kappa shape index (κ2) is 12.1. The van der Waals surface area contributed by atoms with Gasteiger partial charge in [-0.3, -0.25) is 9.59 Å². The average Bonchev–Trinajstić information content (AvgIpc) is 3.69. The minimum Gasteiger partial charge on any atom is -0.481 e. The van der Waals surface area contributed by atoms with Crippen molar-refractivity contribution in [1.82, 2.24) is 14.9 Å². The number of carbonyl (C=O) groups excluding carboxylic acids is 1. The molecule has 1 saturated carbocycles. The van der Waals surface area contributed by atoms with Crippen molar-refractivity contribution in [2.45, 2.75) is 82.5 Å². The summed E-state index contributed by atoms with van der Waals surface area (Å²) in [7, 11) is -3.59. The number of hydrogen-bond acceptors (Lipinski definition) is 5. The Labute approximate surface area is 269 Å². The van der Waals surface area contributed by atoms with Gasteiger partial charge < -0.3 is 15.0 Å². The van der Waals surface area contributed by atoms with E-state index in [2.05, 4.69) is 9.97 Å². The number of aromatic nitrogens is 2. The van der Waals surface area contributed by atoms with Crippen LogP contribution in [0.4, 0.5) is 0 Å². The van der Waals surface area contributed by atoms with Crippen LogP contribution in [0.2, 0.25) is 10.0 Å². The Kier molecular flexibility index (Phi) is 8.97. The van der Waals surface area contributed by atoms with Gasteiger partial charge in [0, 0.05) is 40.3 Å². The molecule has 1 saturated heterocycles. The highest BCUT2D eigenvalue weighted by Crippen LogP contribution is 2.54. The zero-order valence-electron chi connectivity index (χ0n) is 25.4. The highest BCUT2D eigenvalue weighted by atomic mass is 35.5. The summed E-state index contributed by atoms with van der Waals surface area (Å²) in [5.41, 5.74) is 1.29. The van der Waals surface area contributed by atoms with E-state index in [9.17, 15) is 23.1 Å². The molecule has 8 nitrogen and oxygen atoms in total. The molecule has 0 radical (unpaired) electrons. The number of hydrogen-bond donors (Lipinski definition) is 2. The number of H-pyrrole nitrogens is 1. The van der Waals surface area contributed by atoms with Gasteiger partial charge >= 0.3 is 5.97 Å². The van der Waals surface area contributed by atoms with Crippen molar-refractivity contribution in [3.8, 4) is 0 Å².